The zero-order valence-electron chi connectivity index (χ0n) is 18.9. The van der Waals surface area contributed by atoms with Gasteiger partial charge in [-0.05, 0) is 93.3 Å². The molecule has 0 aliphatic rings. The summed E-state index contributed by atoms with van der Waals surface area (Å²) in [6, 6.07) is 24.4. The molecule has 0 radical (unpaired) electrons. The summed E-state index contributed by atoms with van der Waals surface area (Å²) in [7, 11) is 0. The van der Waals surface area contributed by atoms with E-state index < -0.39 is 0 Å². The van der Waals surface area contributed by atoms with Crippen LogP contribution in [0.4, 0.5) is 11.4 Å². The van der Waals surface area contributed by atoms with Crippen LogP contribution in [0.2, 0.25) is 0 Å². The Kier molecular flexibility index (Phi) is 4.59. The van der Waals surface area contributed by atoms with Crippen LogP contribution < -0.4 is 5.32 Å². The molecule has 31 heavy (non-hydrogen) atoms. The Balaban J connectivity index is 1.56. The first kappa shape index (κ1) is 19.4. The van der Waals surface area contributed by atoms with E-state index in [4.69, 9.17) is 0 Å². The average molecular weight is 405 g/mol. The highest BCUT2D eigenvalue weighted by Crippen LogP contribution is 2.35. The van der Waals surface area contributed by atoms with Crippen molar-refractivity contribution in [3.8, 4) is 11.1 Å². The van der Waals surface area contributed by atoms with Crippen LogP contribution in [0.3, 0.4) is 0 Å². The van der Waals surface area contributed by atoms with Gasteiger partial charge in [-0.3, -0.25) is 0 Å². The van der Waals surface area contributed by atoms with Gasteiger partial charge >= 0.3 is 0 Å². The van der Waals surface area contributed by atoms with Gasteiger partial charge in [0.1, 0.15) is 0 Å². The van der Waals surface area contributed by atoms with Gasteiger partial charge in [0, 0.05) is 33.2 Å². The molecule has 2 N–H and O–H groups in total. The number of hydrogen-bond acceptors (Lipinski definition) is 1. The number of anilines is 2. The van der Waals surface area contributed by atoms with E-state index in [2.05, 4.69) is 112 Å². The van der Waals surface area contributed by atoms with Gasteiger partial charge in [0.15, 0.2) is 0 Å². The Morgan fingerprint density at radius 1 is 0.613 bits per heavy atom. The summed E-state index contributed by atoms with van der Waals surface area (Å²) in [5, 5.41) is 6.20. The van der Waals surface area contributed by atoms with Gasteiger partial charge in [0.25, 0.3) is 0 Å². The van der Waals surface area contributed by atoms with Crippen LogP contribution in [0.5, 0.6) is 0 Å². The minimum atomic E-state index is 1.11. The van der Waals surface area contributed by atoms with Crippen molar-refractivity contribution in [2.45, 2.75) is 34.6 Å². The van der Waals surface area contributed by atoms with Crippen molar-refractivity contribution in [3.05, 3.63) is 94.5 Å². The van der Waals surface area contributed by atoms with Crippen molar-refractivity contribution in [2.75, 3.05) is 5.32 Å². The first-order valence-corrected chi connectivity index (χ1v) is 10.9. The Bertz CT molecular complexity index is 1410. The van der Waals surface area contributed by atoms with E-state index >= 15 is 0 Å². The molecule has 0 atom stereocenters. The normalized spacial score (nSPS) is 11.4. The van der Waals surface area contributed by atoms with Crippen LogP contribution in [0.15, 0.2) is 66.7 Å². The van der Waals surface area contributed by atoms with Crippen LogP contribution in [0.25, 0.3) is 32.9 Å². The molecule has 0 aliphatic carbocycles. The maximum absolute atomic E-state index is 3.66. The summed E-state index contributed by atoms with van der Waals surface area (Å²) >= 11 is 0. The number of benzene rings is 4. The minimum absolute atomic E-state index is 1.11. The highest BCUT2D eigenvalue weighted by Gasteiger charge is 2.12. The van der Waals surface area contributed by atoms with E-state index in [0.29, 0.717) is 0 Å². The molecule has 5 rings (SSSR count). The Morgan fingerprint density at radius 2 is 1.26 bits per heavy atom. The van der Waals surface area contributed by atoms with Crippen molar-refractivity contribution in [1.29, 1.82) is 0 Å². The van der Waals surface area contributed by atoms with E-state index in [1.807, 2.05) is 0 Å². The molecule has 1 aromatic heterocycles. The average Bonchev–Trinajstić information content (AvgIpc) is 3.08. The second-order valence-corrected chi connectivity index (χ2v) is 8.89. The van der Waals surface area contributed by atoms with Gasteiger partial charge in [-0.25, -0.2) is 0 Å². The quantitative estimate of drug-likeness (QED) is 0.311. The molecule has 2 nitrogen and oxygen atoms in total. The third kappa shape index (κ3) is 3.48. The SMILES string of the molecule is Cc1cc(C)c(Nc2ccc(-c3cc(C)cc4c3[nH]c3ccc(C)cc34)cc2)c(C)c1. The number of nitrogens with one attached hydrogen (secondary N) is 2. The fourth-order valence-electron chi connectivity index (χ4n) is 4.74. The molecule has 0 saturated carbocycles. The summed E-state index contributed by atoms with van der Waals surface area (Å²) in [5.74, 6) is 0. The zero-order chi connectivity index (χ0) is 21.7. The topological polar surface area (TPSA) is 27.8 Å². The van der Waals surface area contributed by atoms with Gasteiger partial charge < -0.3 is 10.3 Å². The largest absolute Gasteiger partial charge is 0.355 e. The van der Waals surface area contributed by atoms with E-state index in [1.54, 1.807) is 0 Å². The fraction of sp³-hybridized carbons (Fsp3) is 0.172. The molecule has 0 amide bonds. The zero-order valence-corrected chi connectivity index (χ0v) is 18.9. The summed E-state index contributed by atoms with van der Waals surface area (Å²) in [4.78, 5) is 3.66. The van der Waals surface area contributed by atoms with Crippen molar-refractivity contribution in [3.63, 3.8) is 0 Å². The van der Waals surface area contributed by atoms with Crippen LogP contribution in [-0.2, 0) is 0 Å². The van der Waals surface area contributed by atoms with Crippen molar-refractivity contribution in [2.24, 2.45) is 0 Å². The highest BCUT2D eigenvalue weighted by molar-refractivity contribution is 6.12. The van der Waals surface area contributed by atoms with Crippen molar-refractivity contribution in [1.82, 2.24) is 4.98 Å². The molecule has 2 heteroatoms. The maximum Gasteiger partial charge on any atom is 0.0544 e. The first-order chi connectivity index (χ1) is 14.9. The molecule has 0 aliphatic heterocycles. The lowest BCUT2D eigenvalue weighted by Crippen LogP contribution is -1.97. The van der Waals surface area contributed by atoms with Gasteiger partial charge in [-0.1, -0.05) is 41.5 Å². The van der Waals surface area contributed by atoms with Crippen molar-refractivity contribution >= 4 is 33.2 Å². The van der Waals surface area contributed by atoms with Crippen LogP contribution in [0.1, 0.15) is 27.8 Å². The Labute approximate surface area is 183 Å². The Morgan fingerprint density at radius 3 is 1.97 bits per heavy atom. The molecule has 154 valence electrons. The summed E-state index contributed by atoms with van der Waals surface area (Å²) in [6.07, 6.45) is 0. The monoisotopic (exact) mass is 404 g/mol. The number of rotatable bonds is 3. The third-order valence-electron chi connectivity index (χ3n) is 6.15. The van der Waals surface area contributed by atoms with E-state index in [-0.39, 0.29) is 0 Å². The van der Waals surface area contributed by atoms with Gasteiger partial charge in [-0.2, -0.15) is 0 Å². The molecular weight excluding hydrogens is 376 g/mol. The van der Waals surface area contributed by atoms with Crippen LogP contribution >= 0.6 is 0 Å². The fourth-order valence-corrected chi connectivity index (χ4v) is 4.74. The number of hydrogen-bond donors (Lipinski definition) is 2. The van der Waals surface area contributed by atoms with Gasteiger partial charge in [-0.15, -0.1) is 0 Å². The smallest absolute Gasteiger partial charge is 0.0544 e. The second-order valence-electron chi connectivity index (χ2n) is 8.89. The number of aryl methyl sites for hydroxylation is 5. The predicted octanol–water partition coefficient (Wildman–Crippen LogP) is 8.27. The second kappa shape index (κ2) is 7.31. The first-order valence-electron chi connectivity index (χ1n) is 10.9. The van der Waals surface area contributed by atoms with E-state index in [0.717, 1.165) is 5.69 Å². The van der Waals surface area contributed by atoms with Crippen molar-refractivity contribution < 1.29 is 0 Å². The molecule has 0 unspecified atom stereocenters. The van der Waals surface area contributed by atoms with Gasteiger partial charge in [0.2, 0.25) is 0 Å². The summed E-state index contributed by atoms with van der Waals surface area (Å²) < 4.78 is 0. The number of aromatic nitrogens is 1. The molecule has 0 spiro atoms. The number of fused-ring (bicyclic) bond motifs is 3. The van der Waals surface area contributed by atoms with Gasteiger partial charge in [0.05, 0.1) is 5.52 Å². The van der Waals surface area contributed by atoms with E-state index in [1.165, 1.54) is 66.4 Å². The third-order valence-corrected chi connectivity index (χ3v) is 6.15. The molecule has 0 fully saturated rings. The number of H-pyrrole nitrogens is 1. The Hall–Kier alpha value is -3.52. The molecule has 1 heterocycles. The van der Waals surface area contributed by atoms with Crippen LogP contribution in [0, 0.1) is 34.6 Å². The highest BCUT2D eigenvalue weighted by atomic mass is 14.9. The summed E-state index contributed by atoms with van der Waals surface area (Å²) in [6.45, 7) is 10.8. The molecule has 0 bridgehead atoms. The summed E-state index contributed by atoms with van der Waals surface area (Å²) in [5.41, 5.74) is 13.6. The molecule has 5 aromatic rings. The predicted molar refractivity (Wildman–Crippen MR) is 135 cm³/mol. The lowest BCUT2D eigenvalue weighted by molar-refractivity contribution is 1.31. The number of aromatic amines is 1. The van der Waals surface area contributed by atoms with Crippen LogP contribution in [-0.4, -0.2) is 4.98 Å². The molecule has 4 aromatic carbocycles. The molecular formula is C29H28N2. The van der Waals surface area contributed by atoms with E-state index in [9.17, 15) is 0 Å². The molecule has 0 saturated heterocycles. The lowest BCUT2D eigenvalue weighted by Gasteiger charge is -2.14. The maximum atomic E-state index is 3.66. The minimum Gasteiger partial charge on any atom is -0.355 e. The standard InChI is InChI=1S/C29H28N2/c1-17-6-11-27-25(14-17)26-16-19(3)15-24(29(26)31-27)22-7-9-23(10-8-22)30-28-20(4)12-18(2)13-21(28)5/h6-16,30-31H,1-5H3. The lowest BCUT2D eigenvalue weighted by atomic mass is 9.98.